The van der Waals surface area contributed by atoms with Gasteiger partial charge in [0, 0.05) is 5.02 Å². The number of rotatable bonds is 7. The van der Waals surface area contributed by atoms with Gasteiger partial charge in [-0.25, -0.2) is 12.7 Å². The van der Waals surface area contributed by atoms with Crippen LogP contribution in [-0.2, 0) is 14.8 Å². The Morgan fingerprint density at radius 1 is 1.03 bits per heavy atom. The third-order valence-corrected chi connectivity index (χ3v) is 6.80. The van der Waals surface area contributed by atoms with Gasteiger partial charge in [-0.05, 0) is 61.5 Å². The van der Waals surface area contributed by atoms with Crippen LogP contribution in [0.3, 0.4) is 0 Å². The number of carbonyl (C=O) groups is 2. The number of hydrogen-bond acceptors (Lipinski definition) is 6. The van der Waals surface area contributed by atoms with Crippen molar-refractivity contribution in [2.45, 2.75) is 11.8 Å². The maximum absolute atomic E-state index is 12.7. The van der Waals surface area contributed by atoms with Crippen molar-refractivity contribution in [3.8, 4) is 17.2 Å². The van der Waals surface area contributed by atoms with Crippen molar-refractivity contribution in [1.82, 2.24) is 4.31 Å². The number of fused-ring (bicyclic) bond motifs is 1. The molecule has 2 amide bonds. The van der Waals surface area contributed by atoms with E-state index >= 15 is 0 Å². The minimum Gasteiger partial charge on any atom is -0.494 e. The predicted molar refractivity (Wildman–Crippen MR) is 122 cm³/mol. The second-order valence-electron chi connectivity index (χ2n) is 7.01. The van der Waals surface area contributed by atoms with Gasteiger partial charge in [0.1, 0.15) is 22.9 Å². The van der Waals surface area contributed by atoms with E-state index in [9.17, 15) is 18.0 Å². The summed E-state index contributed by atoms with van der Waals surface area (Å²) in [5.74, 6) is -0.0111. The number of nitrogens with zero attached hydrogens (tertiary/aromatic N) is 1. The van der Waals surface area contributed by atoms with Gasteiger partial charge in [-0.1, -0.05) is 23.7 Å². The molecule has 8 nitrogen and oxygen atoms in total. The molecule has 1 N–H and O–H groups in total. The highest BCUT2D eigenvalue weighted by molar-refractivity contribution is 7.90. The average Bonchev–Trinajstić information content (AvgIpc) is 2.98. The van der Waals surface area contributed by atoms with Crippen LogP contribution in [0.15, 0.2) is 71.6 Å². The van der Waals surface area contributed by atoms with Crippen LogP contribution in [0.25, 0.3) is 0 Å². The molecule has 4 rings (SSSR count). The Kier molecular flexibility index (Phi) is 6.26. The Morgan fingerprint density at radius 2 is 1.73 bits per heavy atom. The van der Waals surface area contributed by atoms with Gasteiger partial charge < -0.3 is 14.8 Å². The first-order chi connectivity index (χ1) is 15.8. The molecule has 1 aliphatic rings. The Balaban J connectivity index is 1.52. The lowest BCUT2D eigenvalue weighted by molar-refractivity contribution is -0.116. The van der Waals surface area contributed by atoms with Gasteiger partial charge in [0.15, 0.2) is 5.75 Å². The van der Waals surface area contributed by atoms with Crippen LogP contribution in [0.2, 0.25) is 5.02 Å². The Hall–Kier alpha value is -3.56. The second kappa shape index (κ2) is 9.13. The summed E-state index contributed by atoms with van der Waals surface area (Å²) in [7, 11) is -4.10. The van der Waals surface area contributed by atoms with Crippen LogP contribution in [-0.4, -0.2) is 37.7 Å². The number of halogens is 1. The summed E-state index contributed by atoms with van der Waals surface area (Å²) < 4.78 is 37.2. The van der Waals surface area contributed by atoms with E-state index in [1.807, 2.05) is 6.92 Å². The van der Waals surface area contributed by atoms with E-state index < -0.39 is 28.4 Å². The van der Waals surface area contributed by atoms with E-state index in [1.54, 1.807) is 42.5 Å². The fourth-order valence-corrected chi connectivity index (χ4v) is 4.99. The summed E-state index contributed by atoms with van der Waals surface area (Å²) >= 11 is 6.07. The molecule has 10 heteroatoms. The highest BCUT2D eigenvalue weighted by atomic mass is 35.5. The molecule has 33 heavy (non-hydrogen) atoms. The zero-order chi connectivity index (χ0) is 23.6. The summed E-state index contributed by atoms with van der Waals surface area (Å²) in [6.45, 7) is 1.73. The van der Waals surface area contributed by atoms with Gasteiger partial charge in [-0.3, -0.25) is 9.59 Å². The minimum atomic E-state index is -4.10. The smallest absolute Gasteiger partial charge is 0.269 e. The fraction of sp³-hybridized carbons (Fsp3) is 0.130. The van der Waals surface area contributed by atoms with Crippen molar-refractivity contribution in [2.75, 3.05) is 18.5 Å². The van der Waals surface area contributed by atoms with Gasteiger partial charge in [0.25, 0.3) is 15.9 Å². The maximum atomic E-state index is 12.7. The van der Waals surface area contributed by atoms with E-state index in [0.717, 1.165) is 0 Å². The molecule has 0 aromatic heterocycles. The van der Waals surface area contributed by atoms with E-state index in [1.165, 1.54) is 24.3 Å². The zero-order valence-electron chi connectivity index (χ0n) is 17.4. The molecule has 3 aromatic rings. The number of amides is 2. The molecule has 0 unspecified atom stereocenters. The topological polar surface area (TPSA) is 102 Å². The fourth-order valence-electron chi connectivity index (χ4n) is 3.29. The molecule has 0 fully saturated rings. The third-order valence-electron chi connectivity index (χ3n) is 4.78. The van der Waals surface area contributed by atoms with Crippen molar-refractivity contribution in [1.29, 1.82) is 0 Å². The molecule has 0 spiro atoms. The van der Waals surface area contributed by atoms with Gasteiger partial charge in [-0.15, -0.1) is 0 Å². The van der Waals surface area contributed by atoms with Gasteiger partial charge in [0.05, 0.1) is 17.9 Å². The molecule has 170 valence electrons. The van der Waals surface area contributed by atoms with Crippen LogP contribution >= 0.6 is 11.6 Å². The molecule has 0 saturated carbocycles. The van der Waals surface area contributed by atoms with Crippen molar-refractivity contribution >= 4 is 39.1 Å². The normalized spacial score (nSPS) is 14.0. The monoisotopic (exact) mass is 486 g/mol. The molecule has 0 radical (unpaired) electrons. The lowest BCUT2D eigenvalue weighted by Crippen LogP contribution is -2.37. The van der Waals surface area contributed by atoms with E-state index in [0.29, 0.717) is 27.4 Å². The molecule has 3 aromatic carbocycles. The molecular formula is C23H19ClN2O6S. The average molecular weight is 487 g/mol. The van der Waals surface area contributed by atoms with Crippen molar-refractivity contribution in [3.05, 3.63) is 77.3 Å². The summed E-state index contributed by atoms with van der Waals surface area (Å²) in [5.41, 5.74) is 0.260. The Morgan fingerprint density at radius 3 is 2.42 bits per heavy atom. The molecule has 0 aliphatic carbocycles. The number of carbonyl (C=O) groups excluding carboxylic acids is 2. The quantitative estimate of drug-likeness (QED) is 0.533. The van der Waals surface area contributed by atoms with Crippen molar-refractivity contribution < 1.29 is 27.5 Å². The van der Waals surface area contributed by atoms with Gasteiger partial charge in [0.2, 0.25) is 5.91 Å². The van der Waals surface area contributed by atoms with Gasteiger partial charge >= 0.3 is 0 Å². The van der Waals surface area contributed by atoms with Crippen molar-refractivity contribution in [3.63, 3.8) is 0 Å². The van der Waals surface area contributed by atoms with Crippen molar-refractivity contribution in [2.24, 2.45) is 0 Å². The number of nitrogens with one attached hydrogen (secondary N) is 1. The third kappa shape index (κ3) is 4.64. The van der Waals surface area contributed by atoms with Crippen LogP contribution in [0.1, 0.15) is 17.3 Å². The van der Waals surface area contributed by atoms with Crippen LogP contribution in [0.5, 0.6) is 17.2 Å². The van der Waals surface area contributed by atoms with E-state index in [2.05, 4.69) is 5.32 Å². The van der Waals surface area contributed by atoms with Crippen LogP contribution in [0, 0.1) is 0 Å². The molecule has 0 bridgehead atoms. The number of hydrogen-bond donors (Lipinski definition) is 1. The number of benzene rings is 3. The number of sulfonamides is 1. The number of anilines is 1. The second-order valence-corrected chi connectivity index (χ2v) is 9.28. The SMILES string of the molecule is CCOc1ccc(Oc2ccc(Cl)cc2NC(=O)CN2C(=O)c3ccccc3S2(=O)=O)cc1. The summed E-state index contributed by atoms with van der Waals surface area (Å²) in [6.07, 6.45) is 0. The van der Waals surface area contributed by atoms with E-state index in [-0.39, 0.29) is 21.9 Å². The lowest BCUT2D eigenvalue weighted by atomic mass is 10.2. The molecule has 0 saturated heterocycles. The van der Waals surface area contributed by atoms with Gasteiger partial charge in [-0.2, -0.15) is 0 Å². The first-order valence-corrected chi connectivity index (χ1v) is 11.8. The molecule has 0 atom stereocenters. The minimum absolute atomic E-state index is 0.0348. The standard InChI is InChI=1S/C23H19ClN2O6S/c1-2-31-16-8-10-17(11-9-16)32-20-12-7-15(24)13-19(20)25-22(27)14-26-23(28)18-5-3-4-6-21(18)33(26,29)30/h3-13H,2,14H2,1H3,(H,25,27). The maximum Gasteiger partial charge on any atom is 0.269 e. The first kappa shape index (κ1) is 22.6. The zero-order valence-corrected chi connectivity index (χ0v) is 19.0. The molecular weight excluding hydrogens is 468 g/mol. The predicted octanol–water partition coefficient (Wildman–Crippen LogP) is 4.31. The Labute approximate surface area is 195 Å². The summed E-state index contributed by atoms with van der Waals surface area (Å²) in [6, 6.07) is 17.4. The molecule has 1 heterocycles. The van der Waals surface area contributed by atoms with E-state index in [4.69, 9.17) is 21.1 Å². The molecule has 1 aliphatic heterocycles. The van der Waals surface area contributed by atoms with Crippen LogP contribution in [0.4, 0.5) is 5.69 Å². The lowest BCUT2D eigenvalue weighted by Gasteiger charge is -2.17. The first-order valence-electron chi connectivity index (χ1n) is 9.96. The summed E-state index contributed by atoms with van der Waals surface area (Å²) in [4.78, 5) is 25.1. The summed E-state index contributed by atoms with van der Waals surface area (Å²) in [5, 5.41) is 2.92. The largest absolute Gasteiger partial charge is 0.494 e. The highest BCUT2D eigenvalue weighted by Gasteiger charge is 2.41. The Bertz CT molecular complexity index is 1330. The number of ether oxygens (including phenoxy) is 2. The highest BCUT2D eigenvalue weighted by Crippen LogP contribution is 2.34. The van der Waals surface area contributed by atoms with Crippen LogP contribution < -0.4 is 14.8 Å².